The Morgan fingerprint density at radius 1 is 1.37 bits per heavy atom. The summed E-state index contributed by atoms with van der Waals surface area (Å²) < 4.78 is 4.50. The molecule has 0 heterocycles. The lowest BCUT2D eigenvalue weighted by atomic mass is 10.1. The third-order valence-electron chi connectivity index (χ3n) is 2.38. The van der Waals surface area contributed by atoms with E-state index in [1.54, 1.807) is 13.0 Å². The fourth-order valence-electron chi connectivity index (χ4n) is 1.42. The molecule has 0 fully saturated rings. The van der Waals surface area contributed by atoms with Gasteiger partial charge < -0.3 is 10.1 Å². The molecule has 0 aliphatic carbocycles. The van der Waals surface area contributed by atoms with Crippen molar-refractivity contribution in [1.29, 1.82) is 0 Å². The highest BCUT2D eigenvalue weighted by Crippen LogP contribution is 2.25. The highest BCUT2D eigenvalue weighted by atomic mass is 16.6. The van der Waals surface area contributed by atoms with E-state index in [4.69, 9.17) is 0 Å². The Bertz CT molecular complexity index is 513. The molecule has 7 heteroatoms. The molecule has 0 aliphatic heterocycles. The van der Waals surface area contributed by atoms with Crippen LogP contribution in [0.3, 0.4) is 0 Å². The van der Waals surface area contributed by atoms with E-state index in [0.29, 0.717) is 6.42 Å². The van der Waals surface area contributed by atoms with Crippen LogP contribution in [0, 0.1) is 10.1 Å². The molecule has 19 heavy (non-hydrogen) atoms. The molecule has 7 nitrogen and oxygen atoms in total. The smallest absolute Gasteiger partial charge is 0.397 e. The van der Waals surface area contributed by atoms with Crippen LogP contribution in [0.25, 0.3) is 0 Å². The van der Waals surface area contributed by atoms with Gasteiger partial charge in [-0.15, -0.1) is 0 Å². The van der Waals surface area contributed by atoms with Crippen molar-refractivity contribution >= 4 is 23.3 Å². The van der Waals surface area contributed by atoms with Crippen LogP contribution in [0.5, 0.6) is 0 Å². The van der Waals surface area contributed by atoms with Gasteiger partial charge in [0, 0.05) is 6.07 Å². The van der Waals surface area contributed by atoms with E-state index >= 15 is 0 Å². The second-order valence-electron chi connectivity index (χ2n) is 3.64. The molecule has 0 aliphatic rings. The van der Waals surface area contributed by atoms with Crippen LogP contribution in [0.4, 0.5) is 11.4 Å². The number of hydrogen-bond acceptors (Lipinski definition) is 5. The van der Waals surface area contributed by atoms with Gasteiger partial charge in [-0.2, -0.15) is 0 Å². The Morgan fingerprint density at radius 2 is 2.05 bits per heavy atom. The van der Waals surface area contributed by atoms with Gasteiger partial charge in [0.05, 0.1) is 11.5 Å². The summed E-state index contributed by atoms with van der Waals surface area (Å²) in [7, 11) is 0. The Morgan fingerprint density at radius 3 is 2.58 bits per heavy atom. The van der Waals surface area contributed by atoms with E-state index in [1.165, 1.54) is 12.1 Å². The number of esters is 1. The van der Waals surface area contributed by atoms with Gasteiger partial charge in [-0.25, -0.2) is 4.79 Å². The molecule has 1 aromatic rings. The lowest BCUT2D eigenvalue weighted by Crippen LogP contribution is -2.25. The first-order valence-electron chi connectivity index (χ1n) is 5.75. The number of amides is 1. The lowest BCUT2D eigenvalue weighted by molar-refractivity contribution is -0.384. The summed E-state index contributed by atoms with van der Waals surface area (Å²) in [5, 5.41) is 13.1. The summed E-state index contributed by atoms with van der Waals surface area (Å²) in [6, 6.07) is 4.41. The van der Waals surface area contributed by atoms with Crippen LogP contribution in [0.2, 0.25) is 0 Å². The first-order chi connectivity index (χ1) is 8.99. The topological polar surface area (TPSA) is 98.5 Å². The van der Waals surface area contributed by atoms with Crippen LogP contribution in [-0.2, 0) is 20.7 Å². The van der Waals surface area contributed by atoms with Crippen LogP contribution in [0.1, 0.15) is 19.4 Å². The molecule has 1 N–H and O–H groups in total. The summed E-state index contributed by atoms with van der Waals surface area (Å²) in [5.41, 5.74) is 0.484. The average molecular weight is 266 g/mol. The van der Waals surface area contributed by atoms with Gasteiger partial charge in [0.1, 0.15) is 5.69 Å². The van der Waals surface area contributed by atoms with Crippen molar-refractivity contribution in [3.05, 3.63) is 33.9 Å². The minimum Gasteiger partial charge on any atom is -0.459 e. The number of carbonyl (C=O) groups excluding carboxylic acids is 2. The Hall–Kier alpha value is -2.44. The quantitative estimate of drug-likeness (QED) is 0.386. The summed E-state index contributed by atoms with van der Waals surface area (Å²) >= 11 is 0. The molecule has 0 spiro atoms. The van der Waals surface area contributed by atoms with E-state index in [2.05, 4.69) is 10.1 Å². The van der Waals surface area contributed by atoms with Crippen LogP contribution in [-0.4, -0.2) is 23.4 Å². The molecule has 0 atom stereocenters. The number of nitrogens with one attached hydrogen (secondary N) is 1. The maximum Gasteiger partial charge on any atom is 0.397 e. The van der Waals surface area contributed by atoms with Crippen molar-refractivity contribution in [2.24, 2.45) is 0 Å². The molecule has 1 rings (SSSR count). The third kappa shape index (κ3) is 3.77. The third-order valence-corrected chi connectivity index (χ3v) is 2.38. The minimum atomic E-state index is -1.07. The second kappa shape index (κ2) is 6.48. The summed E-state index contributed by atoms with van der Waals surface area (Å²) in [5.74, 6) is -2.11. The predicted molar refractivity (Wildman–Crippen MR) is 67.7 cm³/mol. The number of benzene rings is 1. The molecule has 0 saturated heterocycles. The predicted octanol–water partition coefficient (Wildman–Crippen LogP) is 1.66. The first kappa shape index (κ1) is 14.6. The van der Waals surface area contributed by atoms with E-state index in [1.807, 2.05) is 6.92 Å². The highest BCUT2D eigenvalue weighted by molar-refractivity contribution is 6.37. The number of aryl methyl sites for hydroxylation is 1. The zero-order valence-corrected chi connectivity index (χ0v) is 10.6. The standard InChI is InChI=1S/C12H14N2O5/c1-3-8-5-6-9(10(7-8)14(17)18)13-11(15)12(16)19-4-2/h5-7H,3-4H2,1-2H3,(H,13,15). The molecule has 0 radical (unpaired) electrons. The molecule has 0 bridgehead atoms. The normalized spacial score (nSPS) is 9.79. The number of nitrogens with zero attached hydrogens (tertiary/aromatic N) is 1. The largest absolute Gasteiger partial charge is 0.459 e. The Labute approximate surface area is 109 Å². The molecule has 1 aromatic carbocycles. The van der Waals surface area contributed by atoms with Crippen molar-refractivity contribution in [2.45, 2.75) is 20.3 Å². The molecule has 0 saturated carbocycles. The second-order valence-corrected chi connectivity index (χ2v) is 3.64. The van der Waals surface area contributed by atoms with Gasteiger partial charge in [0.2, 0.25) is 0 Å². The number of nitro groups is 1. The van der Waals surface area contributed by atoms with E-state index in [0.717, 1.165) is 5.56 Å². The fraction of sp³-hybridized carbons (Fsp3) is 0.333. The van der Waals surface area contributed by atoms with Crippen LogP contribution < -0.4 is 5.32 Å². The van der Waals surface area contributed by atoms with Gasteiger partial charge in [-0.3, -0.25) is 14.9 Å². The van der Waals surface area contributed by atoms with Gasteiger partial charge in [0.15, 0.2) is 0 Å². The summed E-state index contributed by atoms with van der Waals surface area (Å²) in [6.07, 6.45) is 0.632. The number of anilines is 1. The van der Waals surface area contributed by atoms with Crippen molar-refractivity contribution < 1.29 is 19.2 Å². The Kier molecular flexibility index (Phi) is 4.99. The number of rotatable bonds is 4. The van der Waals surface area contributed by atoms with E-state index in [-0.39, 0.29) is 18.0 Å². The summed E-state index contributed by atoms with van der Waals surface area (Å²) in [4.78, 5) is 32.9. The van der Waals surface area contributed by atoms with Crippen molar-refractivity contribution in [3.8, 4) is 0 Å². The van der Waals surface area contributed by atoms with Crippen molar-refractivity contribution in [1.82, 2.24) is 0 Å². The zero-order chi connectivity index (χ0) is 14.4. The lowest BCUT2D eigenvalue weighted by Gasteiger charge is -2.06. The SMILES string of the molecule is CCOC(=O)C(=O)Nc1ccc(CC)cc1[N+](=O)[O-]. The average Bonchev–Trinajstić information content (AvgIpc) is 2.39. The van der Waals surface area contributed by atoms with Gasteiger partial charge >= 0.3 is 11.9 Å². The maximum absolute atomic E-state index is 11.4. The number of ether oxygens (including phenoxy) is 1. The van der Waals surface area contributed by atoms with Crippen LogP contribution in [0.15, 0.2) is 18.2 Å². The Balaban J connectivity index is 2.97. The van der Waals surface area contributed by atoms with E-state index < -0.39 is 16.8 Å². The van der Waals surface area contributed by atoms with Gasteiger partial charge in [-0.1, -0.05) is 13.0 Å². The molecule has 0 aromatic heterocycles. The van der Waals surface area contributed by atoms with Crippen LogP contribution >= 0.6 is 0 Å². The number of hydrogen-bond donors (Lipinski definition) is 1. The molecule has 0 unspecified atom stereocenters. The fourth-order valence-corrected chi connectivity index (χ4v) is 1.42. The molecular formula is C12H14N2O5. The summed E-state index contributed by atoms with van der Waals surface area (Å²) in [6.45, 7) is 3.47. The molecule has 1 amide bonds. The van der Waals surface area contributed by atoms with Crippen molar-refractivity contribution in [2.75, 3.05) is 11.9 Å². The maximum atomic E-state index is 11.4. The zero-order valence-electron chi connectivity index (χ0n) is 10.6. The highest BCUT2D eigenvalue weighted by Gasteiger charge is 2.21. The van der Waals surface area contributed by atoms with Gasteiger partial charge in [-0.05, 0) is 25.0 Å². The molecule has 102 valence electrons. The minimum absolute atomic E-state index is 0.0275. The monoisotopic (exact) mass is 266 g/mol. The first-order valence-corrected chi connectivity index (χ1v) is 5.75. The number of nitro benzene ring substituents is 1. The molecular weight excluding hydrogens is 252 g/mol. The van der Waals surface area contributed by atoms with E-state index in [9.17, 15) is 19.7 Å². The van der Waals surface area contributed by atoms with Crippen molar-refractivity contribution in [3.63, 3.8) is 0 Å². The van der Waals surface area contributed by atoms with Gasteiger partial charge in [0.25, 0.3) is 5.69 Å². The number of carbonyl (C=O) groups is 2.